The molecule has 8 nitrogen and oxygen atoms in total. The van der Waals surface area contributed by atoms with E-state index in [1.54, 1.807) is 14.7 Å². The normalized spacial score (nSPS) is 20.5. The molecule has 8 heteroatoms. The molecule has 2 fully saturated rings. The van der Waals surface area contributed by atoms with E-state index in [9.17, 15) is 19.5 Å². The van der Waals surface area contributed by atoms with Gasteiger partial charge in [-0.15, -0.1) is 0 Å². The second-order valence-corrected chi connectivity index (χ2v) is 11.0. The summed E-state index contributed by atoms with van der Waals surface area (Å²) in [6, 6.07) is 31.4. The van der Waals surface area contributed by atoms with Gasteiger partial charge in [-0.2, -0.15) is 0 Å². The van der Waals surface area contributed by atoms with Crippen molar-refractivity contribution in [2.75, 3.05) is 16.3 Å². The van der Waals surface area contributed by atoms with Crippen molar-refractivity contribution in [3.05, 3.63) is 120 Å². The predicted molar refractivity (Wildman–Crippen MR) is 160 cm³/mol. The number of fused-ring (bicyclic) bond motifs is 4. The van der Waals surface area contributed by atoms with Gasteiger partial charge in [-0.25, -0.2) is 14.4 Å². The summed E-state index contributed by atoms with van der Waals surface area (Å²) >= 11 is 0. The van der Waals surface area contributed by atoms with Crippen LogP contribution in [0, 0.1) is 0 Å². The molecule has 7 rings (SSSR count). The Morgan fingerprint density at radius 3 is 1.76 bits per heavy atom. The number of anilines is 4. The lowest BCUT2D eigenvalue weighted by molar-refractivity contribution is -0.145. The number of piperazine rings is 1. The number of carboxylic acids is 1. The summed E-state index contributed by atoms with van der Waals surface area (Å²) in [5, 5.41) is 10.6. The van der Waals surface area contributed by atoms with Crippen LogP contribution in [0.5, 0.6) is 0 Å². The van der Waals surface area contributed by atoms with Crippen molar-refractivity contribution in [3.8, 4) is 0 Å². The first-order valence-corrected chi connectivity index (χ1v) is 14.2. The van der Waals surface area contributed by atoms with E-state index in [1.165, 1.54) is 4.90 Å². The average Bonchev–Trinajstić information content (AvgIpc) is 3.32. The molecule has 4 aromatic rings. The zero-order valence-corrected chi connectivity index (χ0v) is 22.9. The van der Waals surface area contributed by atoms with Crippen LogP contribution in [0.2, 0.25) is 0 Å². The van der Waals surface area contributed by atoms with Crippen LogP contribution >= 0.6 is 0 Å². The van der Waals surface area contributed by atoms with E-state index in [1.807, 2.05) is 109 Å². The predicted octanol–water partition coefficient (Wildman–Crippen LogP) is 6.41. The third-order valence-electron chi connectivity index (χ3n) is 8.63. The van der Waals surface area contributed by atoms with Crippen molar-refractivity contribution in [2.45, 2.75) is 37.4 Å². The molecule has 0 radical (unpaired) electrons. The van der Waals surface area contributed by atoms with Crippen LogP contribution < -0.4 is 9.80 Å². The lowest BCUT2D eigenvalue weighted by Crippen LogP contribution is -2.67. The highest BCUT2D eigenvalue weighted by Crippen LogP contribution is 2.42. The van der Waals surface area contributed by atoms with Gasteiger partial charge in [0, 0.05) is 13.0 Å². The minimum Gasteiger partial charge on any atom is -0.480 e. The summed E-state index contributed by atoms with van der Waals surface area (Å²) < 4.78 is 0. The number of carbonyl (C=O) groups is 3. The highest BCUT2D eigenvalue weighted by atomic mass is 16.4. The fourth-order valence-electron chi connectivity index (χ4n) is 6.81. The van der Waals surface area contributed by atoms with E-state index >= 15 is 0 Å². The fourth-order valence-corrected chi connectivity index (χ4v) is 6.81. The quantitative estimate of drug-likeness (QED) is 0.315. The minimum absolute atomic E-state index is 0.135. The number of hydrogen-bond acceptors (Lipinski definition) is 3. The maximum absolute atomic E-state index is 14.4. The topological polar surface area (TPSA) is 84.4 Å². The molecule has 3 aliphatic rings. The summed E-state index contributed by atoms with van der Waals surface area (Å²) in [6.07, 6.45) is 1.82. The average molecular weight is 559 g/mol. The Balaban J connectivity index is 1.26. The Bertz CT molecular complexity index is 1580. The molecule has 2 bridgehead atoms. The summed E-state index contributed by atoms with van der Waals surface area (Å²) in [7, 11) is 0. The molecule has 42 heavy (non-hydrogen) atoms. The standard InChI is InChI=1S/C34H30N4O4/c39-32(40)31-30-20-19-27(37(30)34(42)36(25-13-3-1-4-14-25)26-15-5-2-6-16-26)22-35(31)33(41)38-28-17-9-7-11-23(28)21-24-12-8-10-18-29(24)38/h1-18,27,30-31H,19-22H2,(H,39,40)/t27-,30+,31-/m0/s1. The second-order valence-electron chi connectivity index (χ2n) is 11.0. The van der Waals surface area contributed by atoms with Crippen LogP contribution in [0.4, 0.5) is 32.3 Å². The minimum atomic E-state index is -1.19. The zero-order valence-electron chi connectivity index (χ0n) is 22.9. The van der Waals surface area contributed by atoms with Crippen molar-refractivity contribution in [1.29, 1.82) is 0 Å². The van der Waals surface area contributed by atoms with Crippen molar-refractivity contribution in [3.63, 3.8) is 0 Å². The summed E-state index contributed by atoms with van der Waals surface area (Å²) in [4.78, 5) is 48.2. The van der Waals surface area contributed by atoms with Gasteiger partial charge >= 0.3 is 18.0 Å². The maximum Gasteiger partial charge on any atom is 0.330 e. The lowest BCUT2D eigenvalue weighted by Gasteiger charge is -2.47. The van der Waals surface area contributed by atoms with Crippen LogP contribution in [0.3, 0.4) is 0 Å². The van der Waals surface area contributed by atoms with Crippen LogP contribution in [-0.4, -0.2) is 57.6 Å². The van der Waals surface area contributed by atoms with E-state index in [4.69, 9.17) is 0 Å². The van der Waals surface area contributed by atoms with Gasteiger partial charge in [0.25, 0.3) is 0 Å². The van der Waals surface area contributed by atoms with Gasteiger partial charge in [0.1, 0.15) is 0 Å². The summed E-state index contributed by atoms with van der Waals surface area (Å²) in [5.74, 6) is -1.11. The summed E-state index contributed by atoms with van der Waals surface area (Å²) in [6.45, 7) is 0.135. The van der Waals surface area contributed by atoms with E-state index in [-0.39, 0.29) is 24.6 Å². The molecule has 0 spiro atoms. The van der Waals surface area contributed by atoms with E-state index < -0.39 is 18.1 Å². The third-order valence-corrected chi connectivity index (χ3v) is 8.63. The molecule has 4 amide bonds. The molecule has 2 saturated heterocycles. The van der Waals surface area contributed by atoms with E-state index in [0.29, 0.717) is 30.6 Å². The molecule has 1 N–H and O–H groups in total. The molecule has 3 atom stereocenters. The van der Waals surface area contributed by atoms with Gasteiger partial charge in [0.2, 0.25) is 0 Å². The Labute approximate surface area is 244 Å². The number of likely N-dealkylation sites (tertiary alicyclic amines) is 1. The Kier molecular flexibility index (Phi) is 6.38. The number of rotatable bonds is 3. The molecule has 3 heterocycles. The zero-order chi connectivity index (χ0) is 28.8. The molecular formula is C34H30N4O4. The molecule has 0 aliphatic carbocycles. The number of benzene rings is 4. The lowest BCUT2D eigenvalue weighted by atomic mass is 9.95. The maximum atomic E-state index is 14.4. The van der Waals surface area contributed by atoms with Crippen LogP contribution in [0.15, 0.2) is 109 Å². The SMILES string of the molecule is O=C(O)[C@@H]1[C@H]2CC[C@@H](CN1C(=O)N1c3ccccc3Cc3ccccc31)N2C(=O)N(c1ccccc1)c1ccccc1. The van der Waals surface area contributed by atoms with Crippen LogP contribution in [-0.2, 0) is 11.2 Å². The summed E-state index contributed by atoms with van der Waals surface area (Å²) in [5.41, 5.74) is 4.93. The Hall–Kier alpha value is -5.11. The van der Waals surface area contributed by atoms with Gasteiger partial charge in [-0.1, -0.05) is 72.8 Å². The first-order chi connectivity index (χ1) is 20.5. The Morgan fingerprint density at radius 2 is 1.21 bits per heavy atom. The molecule has 0 unspecified atom stereocenters. The molecule has 0 aromatic heterocycles. The van der Waals surface area contributed by atoms with Gasteiger partial charge in [0.05, 0.1) is 34.8 Å². The number of nitrogens with zero attached hydrogens (tertiary/aromatic N) is 4. The first-order valence-electron chi connectivity index (χ1n) is 14.2. The third kappa shape index (κ3) is 4.18. The number of urea groups is 2. The molecule has 3 aliphatic heterocycles. The smallest absolute Gasteiger partial charge is 0.330 e. The monoisotopic (exact) mass is 558 g/mol. The van der Waals surface area contributed by atoms with Crippen LogP contribution in [0.1, 0.15) is 24.0 Å². The second kappa shape index (κ2) is 10.4. The van der Waals surface area contributed by atoms with Crippen molar-refractivity contribution in [2.24, 2.45) is 0 Å². The molecular weight excluding hydrogens is 528 g/mol. The number of amides is 4. The van der Waals surface area contributed by atoms with Crippen molar-refractivity contribution >= 4 is 40.8 Å². The van der Waals surface area contributed by atoms with E-state index in [0.717, 1.165) is 22.5 Å². The largest absolute Gasteiger partial charge is 0.480 e. The first kappa shape index (κ1) is 25.8. The van der Waals surface area contributed by atoms with Crippen LogP contribution in [0.25, 0.3) is 0 Å². The highest BCUT2D eigenvalue weighted by Gasteiger charge is 2.54. The van der Waals surface area contributed by atoms with Gasteiger partial charge in [-0.05, 0) is 60.4 Å². The number of carboxylic acid groups (broad SMARTS) is 1. The van der Waals surface area contributed by atoms with Crippen molar-refractivity contribution < 1.29 is 19.5 Å². The molecule has 4 aromatic carbocycles. The van der Waals surface area contributed by atoms with Crippen molar-refractivity contribution in [1.82, 2.24) is 9.80 Å². The molecule has 210 valence electrons. The highest BCUT2D eigenvalue weighted by molar-refractivity contribution is 6.05. The molecule has 0 saturated carbocycles. The van der Waals surface area contributed by atoms with E-state index in [2.05, 4.69) is 0 Å². The van der Waals surface area contributed by atoms with Gasteiger partial charge in [-0.3, -0.25) is 9.80 Å². The number of hydrogen-bond donors (Lipinski definition) is 1. The number of carbonyl (C=O) groups excluding carboxylic acids is 2. The van der Waals surface area contributed by atoms with Gasteiger partial charge < -0.3 is 14.9 Å². The number of para-hydroxylation sites is 4. The Morgan fingerprint density at radius 1 is 0.690 bits per heavy atom. The number of aliphatic carboxylic acids is 1. The van der Waals surface area contributed by atoms with Gasteiger partial charge in [0.15, 0.2) is 6.04 Å². The fraction of sp³-hybridized carbons (Fsp3) is 0.206.